The zero-order chi connectivity index (χ0) is 14.1. The van der Waals surface area contributed by atoms with Crippen molar-refractivity contribution in [3.63, 3.8) is 0 Å². The minimum Gasteiger partial charge on any atom is -0.348 e. The van der Waals surface area contributed by atoms with Gasteiger partial charge in [0, 0.05) is 35.6 Å². The molecule has 0 unspecified atom stereocenters. The smallest absolute Gasteiger partial charge is 0.249 e. The number of nitrogens with one attached hydrogen (secondary N) is 2. The molecule has 1 aliphatic heterocycles. The highest BCUT2D eigenvalue weighted by atomic mass is 35.5. The zero-order valence-corrected chi connectivity index (χ0v) is 14.4. The molecule has 0 saturated heterocycles. The van der Waals surface area contributed by atoms with Gasteiger partial charge in [0.25, 0.3) is 0 Å². The first kappa shape index (κ1) is 19.9. The predicted molar refractivity (Wildman–Crippen MR) is 90.0 cm³/mol. The summed E-state index contributed by atoms with van der Waals surface area (Å²) in [6, 6.07) is 3.80. The van der Waals surface area contributed by atoms with Gasteiger partial charge in [0.1, 0.15) is 0 Å². The van der Waals surface area contributed by atoms with Crippen LogP contribution in [0.5, 0.6) is 0 Å². The predicted octanol–water partition coefficient (Wildman–Crippen LogP) is 2.63. The molecule has 2 heterocycles. The van der Waals surface area contributed by atoms with Crippen molar-refractivity contribution >= 4 is 30.7 Å². The minimum absolute atomic E-state index is 0. The molecule has 0 bridgehead atoms. The van der Waals surface area contributed by atoms with Crippen molar-refractivity contribution in [1.29, 1.82) is 0 Å². The highest BCUT2D eigenvalue weighted by Crippen LogP contribution is 2.29. The first-order valence-electron chi connectivity index (χ1n) is 6.50. The lowest BCUT2D eigenvalue weighted by atomic mass is 9.96. The van der Waals surface area contributed by atoms with Gasteiger partial charge in [0.2, 0.25) is 5.91 Å². The number of rotatable bonds is 3. The second-order valence-corrected chi connectivity index (χ2v) is 6.07. The number of amides is 1. The van der Waals surface area contributed by atoms with Crippen LogP contribution in [-0.2, 0) is 11.3 Å². The van der Waals surface area contributed by atoms with Crippen LogP contribution in [0.25, 0.3) is 0 Å². The first-order valence-corrected chi connectivity index (χ1v) is 6.50. The molecule has 0 saturated carbocycles. The fraction of sp³-hybridized carbons (Fsp3) is 0.467. The number of hydrogen-bond acceptors (Lipinski definition) is 3. The molecule has 2 N–H and O–H groups in total. The average molecular weight is 332 g/mol. The Balaban J connectivity index is 0.00000200. The number of halogens is 2. The van der Waals surface area contributed by atoms with E-state index in [-0.39, 0.29) is 41.8 Å². The molecule has 4 nitrogen and oxygen atoms in total. The molecule has 0 aromatic carbocycles. The topological polar surface area (TPSA) is 54.0 Å². The third kappa shape index (κ3) is 4.99. The minimum atomic E-state index is -0.300. The number of pyridine rings is 1. The maximum absolute atomic E-state index is 12.3. The molecule has 0 radical (unpaired) electrons. The Labute approximate surface area is 138 Å². The molecular weight excluding hydrogens is 309 g/mol. The van der Waals surface area contributed by atoms with E-state index in [0.717, 1.165) is 11.1 Å². The lowest BCUT2D eigenvalue weighted by molar-refractivity contribution is -0.118. The fourth-order valence-electron chi connectivity index (χ4n) is 2.58. The molecule has 2 rings (SSSR count). The number of carbonyl (C=O) groups is 1. The van der Waals surface area contributed by atoms with E-state index < -0.39 is 0 Å². The monoisotopic (exact) mass is 331 g/mol. The summed E-state index contributed by atoms with van der Waals surface area (Å²) in [6.07, 6.45) is 5.46. The van der Waals surface area contributed by atoms with Gasteiger partial charge in [-0.3, -0.25) is 15.1 Å². The van der Waals surface area contributed by atoms with Crippen LogP contribution in [0.4, 0.5) is 0 Å². The van der Waals surface area contributed by atoms with Crippen molar-refractivity contribution in [2.75, 3.05) is 0 Å². The Morgan fingerprint density at radius 2 is 1.76 bits per heavy atom. The Hall–Kier alpha value is -1.10. The van der Waals surface area contributed by atoms with E-state index in [1.54, 1.807) is 12.4 Å². The summed E-state index contributed by atoms with van der Waals surface area (Å²) in [6.45, 7) is 8.71. The maximum atomic E-state index is 12.3. The lowest BCUT2D eigenvalue weighted by Crippen LogP contribution is -2.47. The molecule has 0 fully saturated rings. The molecule has 0 atom stereocenters. The van der Waals surface area contributed by atoms with Crippen molar-refractivity contribution in [2.24, 2.45) is 0 Å². The molecule has 0 spiro atoms. The van der Waals surface area contributed by atoms with Crippen molar-refractivity contribution in [3.05, 3.63) is 41.7 Å². The summed E-state index contributed by atoms with van der Waals surface area (Å²) in [7, 11) is 0. The normalized spacial score (nSPS) is 18.0. The molecule has 21 heavy (non-hydrogen) atoms. The molecule has 1 aromatic heterocycles. The van der Waals surface area contributed by atoms with Gasteiger partial charge in [-0.05, 0) is 45.4 Å². The Kier molecular flexibility index (Phi) is 6.87. The lowest BCUT2D eigenvalue weighted by Gasteiger charge is -2.27. The third-order valence-electron chi connectivity index (χ3n) is 3.26. The van der Waals surface area contributed by atoms with Crippen molar-refractivity contribution in [3.8, 4) is 0 Å². The summed E-state index contributed by atoms with van der Waals surface area (Å²) in [4.78, 5) is 16.2. The van der Waals surface area contributed by atoms with Crippen LogP contribution < -0.4 is 10.6 Å². The average Bonchev–Trinajstić information content (AvgIpc) is 2.56. The van der Waals surface area contributed by atoms with Crippen LogP contribution in [0, 0.1) is 0 Å². The number of hydrogen-bond donors (Lipinski definition) is 2. The summed E-state index contributed by atoms with van der Waals surface area (Å²) >= 11 is 0. The highest BCUT2D eigenvalue weighted by Gasteiger charge is 2.39. The molecule has 1 amide bonds. The zero-order valence-electron chi connectivity index (χ0n) is 12.8. The van der Waals surface area contributed by atoms with E-state index in [1.807, 2.05) is 32.1 Å². The van der Waals surface area contributed by atoms with Crippen molar-refractivity contribution < 1.29 is 4.79 Å². The molecule has 0 aliphatic carbocycles. The van der Waals surface area contributed by atoms with Gasteiger partial charge in [0.05, 0.1) is 0 Å². The SMILES string of the molecule is CC1(C)C=C(C(=O)NCc2ccncc2)C(C)(C)N1.Cl.Cl. The van der Waals surface area contributed by atoms with Crippen LogP contribution in [0.1, 0.15) is 33.3 Å². The molecule has 1 aliphatic rings. The number of nitrogens with zero attached hydrogens (tertiary/aromatic N) is 1. The third-order valence-corrected chi connectivity index (χ3v) is 3.26. The van der Waals surface area contributed by atoms with Gasteiger partial charge in [-0.25, -0.2) is 0 Å². The number of aromatic nitrogens is 1. The van der Waals surface area contributed by atoms with E-state index in [9.17, 15) is 4.79 Å². The van der Waals surface area contributed by atoms with Gasteiger partial charge in [-0.2, -0.15) is 0 Å². The van der Waals surface area contributed by atoms with Gasteiger partial charge >= 0.3 is 0 Å². The number of carbonyl (C=O) groups excluding carboxylic acids is 1. The van der Waals surface area contributed by atoms with Crippen LogP contribution in [0.2, 0.25) is 0 Å². The quantitative estimate of drug-likeness (QED) is 0.895. The van der Waals surface area contributed by atoms with Crippen molar-refractivity contribution in [1.82, 2.24) is 15.6 Å². The van der Waals surface area contributed by atoms with Gasteiger partial charge in [-0.1, -0.05) is 6.08 Å². The van der Waals surface area contributed by atoms with E-state index in [4.69, 9.17) is 0 Å². The van der Waals surface area contributed by atoms with Crippen LogP contribution in [0.15, 0.2) is 36.2 Å². The molecule has 6 heteroatoms. The van der Waals surface area contributed by atoms with E-state index >= 15 is 0 Å². The highest BCUT2D eigenvalue weighted by molar-refractivity contribution is 5.96. The molecular formula is C15H23Cl2N3O. The Bertz CT molecular complexity index is 513. The Morgan fingerprint density at radius 3 is 2.24 bits per heavy atom. The van der Waals surface area contributed by atoms with E-state index in [2.05, 4.69) is 29.5 Å². The van der Waals surface area contributed by atoms with Gasteiger partial charge in [-0.15, -0.1) is 24.8 Å². The van der Waals surface area contributed by atoms with Gasteiger partial charge in [0.15, 0.2) is 0 Å². The van der Waals surface area contributed by atoms with Crippen LogP contribution in [-0.4, -0.2) is 22.0 Å². The second-order valence-electron chi connectivity index (χ2n) is 6.07. The maximum Gasteiger partial charge on any atom is 0.249 e. The summed E-state index contributed by atoms with van der Waals surface area (Å²) in [5.41, 5.74) is 1.40. The van der Waals surface area contributed by atoms with Crippen molar-refractivity contribution in [2.45, 2.75) is 45.3 Å². The van der Waals surface area contributed by atoms with Crippen LogP contribution in [0.3, 0.4) is 0 Å². The Morgan fingerprint density at radius 1 is 1.19 bits per heavy atom. The summed E-state index contributed by atoms with van der Waals surface area (Å²) in [5.74, 6) is -0.0140. The van der Waals surface area contributed by atoms with Gasteiger partial charge < -0.3 is 5.32 Å². The van der Waals surface area contributed by atoms with Crippen LogP contribution >= 0.6 is 24.8 Å². The largest absolute Gasteiger partial charge is 0.348 e. The molecule has 1 aromatic rings. The standard InChI is InChI=1S/C15H21N3O.2ClH/c1-14(2)9-12(15(3,4)18-14)13(19)17-10-11-5-7-16-8-6-11;;/h5-9,18H,10H2,1-4H3,(H,17,19);2*1H. The van der Waals surface area contributed by atoms with E-state index in [1.165, 1.54) is 0 Å². The fourth-order valence-corrected chi connectivity index (χ4v) is 2.58. The molecule has 118 valence electrons. The first-order chi connectivity index (χ1) is 8.80. The second kappa shape index (κ2) is 7.25. The summed E-state index contributed by atoms with van der Waals surface area (Å²) < 4.78 is 0. The summed E-state index contributed by atoms with van der Waals surface area (Å²) in [5, 5.41) is 6.39. The van der Waals surface area contributed by atoms with E-state index in [0.29, 0.717) is 6.54 Å².